The molecular formula is C16H27ClN2OS. The van der Waals surface area contributed by atoms with E-state index in [1.165, 1.54) is 18.4 Å². The Morgan fingerprint density at radius 3 is 2.38 bits per heavy atom. The summed E-state index contributed by atoms with van der Waals surface area (Å²) in [6.07, 6.45) is 4.29. The van der Waals surface area contributed by atoms with Gasteiger partial charge in [-0.3, -0.25) is 9.11 Å². The van der Waals surface area contributed by atoms with Crippen molar-refractivity contribution in [1.82, 2.24) is 10.2 Å². The third-order valence-corrected chi connectivity index (χ3v) is 5.30. The lowest BCUT2D eigenvalue weighted by molar-refractivity contribution is 0.196. The first-order chi connectivity index (χ1) is 9.58. The smallest absolute Gasteiger partial charge is 0.0498 e. The van der Waals surface area contributed by atoms with Gasteiger partial charge in [0.05, 0.1) is 0 Å². The van der Waals surface area contributed by atoms with Crippen LogP contribution in [0.4, 0.5) is 0 Å². The molecule has 1 saturated heterocycles. The zero-order valence-electron chi connectivity index (χ0n) is 13.2. The van der Waals surface area contributed by atoms with E-state index in [0.717, 1.165) is 30.4 Å². The minimum Gasteiger partial charge on any atom is -0.317 e. The van der Waals surface area contributed by atoms with Crippen molar-refractivity contribution in [2.75, 3.05) is 32.9 Å². The van der Waals surface area contributed by atoms with Gasteiger partial charge in [0.2, 0.25) is 0 Å². The third-order valence-electron chi connectivity index (χ3n) is 4.36. The highest BCUT2D eigenvalue weighted by Gasteiger charge is 2.18. The molecule has 0 bridgehead atoms. The van der Waals surface area contributed by atoms with E-state index >= 15 is 0 Å². The van der Waals surface area contributed by atoms with Gasteiger partial charge in [-0.1, -0.05) is 12.1 Å². The molecule has 21 heavy (non-hydrogen) atoms. The SMILES string of the molecule is CC(c1ccc(S(C)=O)cc1)N(C)CC1CCNCC1.Cl. The molecule has 0 aliphatic carbocycles. The number of hydrogen-bond donors (Lipinski definition) is 1. The van der Waals surface area contributed by atoms with Crippen LogP contribution >= 0.6 is 12.4 Å². The van der Waals surface area contributed by atoms with Gasteiger partial charge in [0, 0.05) is 34.5 Å². The lowest BCUT2D eigenvalue weighted by Crippen LogP contribution is -2.35. The Balaban J connectivity index is 0.00000220. The van der Waals surface area contributed by atoms with Crippen molar-refractivity contribution in [1.29, 1.82) is 0 Å². The molecule has 0 radical (unpaired) electrons. The van der Waals surface area contributed by atoms with E-state index < -0.39 is 10.8 Å². The average Bonchev–Trinajstić information content (AvgIpc) is 2.47. The Morgan fingerprint density at radius 2 is 1.86 bits per heavy atom. The molecule has 5 heteroatoms. The monoisotopic (exact) mass is 330 g/mol. The Hall–Kier alpha value is -0.420. The zero-order valence-corrected chi connectivity index (χ0v) is 14.8. The van der Waals surface area contributed by atoms with Gasteiger partial charge >= 0.3 is 0 Å². The summed E-state index contributed by atoms with van der Waals surface area (Å²) in [7, 11) is 1.32. The van der Waals surface area contributed by atoms with Gasteiger partial charge in [-0.15, -0.1) is 12.4 Å². The summed E-state index contributed by atoms with van der Waals surface area (Å²) in [6, 6.07) is 8.60. The summed E-state index contributed by atoms with van der Waals surface area (Å²) in [5, 5.41) is 3.42. The number of benzene rings is 1. The van der Waals surface area contributed by atoms with Gasteiger partial charge < -0.3 is 5.32 Å². The Labute approximate surface area is 137 Å². The maximum Gasteiger partial charge on any atom is 0.0498 e. The molecule has 2 unspecified atom stereocenters. The van der Waals surface area contributed by atoms with Crippen molar-refractivity contribution in [2.24, 2.45) is 5.92 Å². The van der Waals surface area contributed by atoms with Crippen LogP contribution in [0.25, 0.3) is 0 Å². The van der Waals surface area contributed by atoms with E-state index in [9.17, 15) is 4.21 Å². The minimum absolute atomic E-state index is 0. The van der Waals surface area contributed by atoms with Crippen molar-refractivity contribution in [2.45, 2.75) is 30.7 Å². The summed E-state index contributed by atoms with van der Waals surface area (Å²) >= 11 is 0. The molecule has 3 nitrogen and oxygen atoms in total. The zero-order chi connectivity index (χ0) is 14.5. The van der Waals surface area contributed by atoms with Crippen LogP contribution in [-0.4, -0.2) is 42.0 Å². The largest absolute Gasteiger partial charge is 0.317 e. The first kappa shape index (κ1) is 18.6. The van der Waals surface area contributed by atoms with Gasteiger partial charge in [-0.05, 0) is 63.5 Å². The molecule has 0 amide bonds. The highest BCUT2D eigenvalue weighted by molar-refractivity contribution is 7.84. The lowest BCUT2D eigenvalue weighted by Gasteiger charge is -2.31. The number of nitrogens with one attached hydrogen (secondary N) is 1. The number of hydrogen-bond acceptors (Lipinski definition) is 3. The fourth-order valence-corrected chi connectivity index (χ4v) is 3.34. The number of halogens is 1. The second-order valence-corrected chi connectivity index (χ2v) is 7.21. The number of nitrogens with zero attached hydrogens (tertiary/aromatic N) is 1. The first-order valence-corrected chi connectivity index (χ1v) is 8.98. The van der Waals surface area contributed by atoms with Crippen LogP contribution in [0, 0.1) is 5.92 Å². The Bertz CT molecular complexity index is 446. The number of rotatable bonds is 5. The molecular weight excluding hydrogens is 304 g/mol. The van der Waals surface area contributed by atoms with E-state index in [2.05, 4.69) is 36.3 Å². The molecule has 2 rings (SSSR count). The van der Waals surface area contributed by atoms with Crippen LogP contribution in [0.2, 0.25) is 0 Å². The molecule has 0 spiro atoms. The van der Waals surface area contributed by atoms with Gasteiger partial charge in [-0.2, -0.15) is 0 Å². The van der Waals surface area contributed by atoms with Crippen molar-refractivity contribution in [3.63, 3.8) is 0 Å². The van der Waals surface area contributed by atoms with Gasteiger partial charge in [-0.25, -0.2) is 0 Å². The fraction of sp³-hybridized carbons (Fsp3) is 0.625. The molecule has 1 N–H and O–H groups in total. The second-order valence-electron chi connectivity index (χ2n) is 5.83. The molecule has 0 aromatic heterocycles. The lowest BCUT2D eigenvalue weighted by atomic mass is 9.96. The predicted octanol–water partition coefficient (Wildman–Crippen LogP) is 2.84. The Morgan fingerprint density at radius 1 is 1.29 bits per heavy atom. The van der Waals surface area contributed by atoms with E-state index in [-0.39, 0.29) is 12.4 Å². The van der Waals surface area contributed by atoms with Crippen LogP contribution in [0.1, 0.15) is 31.4 Å². The van der Waals surface area contributed by atoms with Crippen molar-refractivity contribution in [3.8, 4) is 0 Å². The quantitative estimate of drug-likeness (QED) is 0.901. The van der Waals surface area contributed by atoms with E-state index in [4.69, 9.17) is 0 Å². The fourth-order valence-electron chi connectivity index (χ4n) is 2.82. The summed E-state index contributed by atoms with van der Waals surface area (Å²) in [4.78, 5) is 3.34. The average molecular weight is 331 g/mol. The van der Waals surface area contributed by atoms with E-state index in [1.807, 2.05) is 12.1 Å². The summed E-state index contributed by atoms with van der Waals surface area (Å²) in [5.74, 6) is 0.811. The van der Waals surface area contributed by atoms with Gasteiger partial charge in [0.1, 0.15) is 0 Å². The summed E-state index contributed by atoms with van der Waals surface area (Å²) in [6.45, 7) is 5.72. The Kier molecular flexibility index (Phi) is 7.88. The molecule has 1 aromatic rings. The van der Waals surface area contributed by atoms with Crippen molar-refractivity contribution < 1.29 is 4.21 Å². The van der Waals surface area contributed by atoms with Crippen LogP contribution in [-0.2, 0) is 10.8 Å². The maximum absolute atomic E-state index is 11.4. The predicted molar refractivity (Wildman–Crippen MR) is 92.7 cm³/mol. The summed E-state index contributed by atoms with van der Waals surface area (Å²) in [5.41, 5.74) is 1.30. The first-order valence-electron chi connectivity index (χ1n) is 7.42. The molecule has 2 atom stereocenters. The van der Waals surface area contributed by atoms with Crippen LogP contribution in [0.5, 0.6) is 0 Å². The van der Waals surface area contributed by atoms with Crippen molar-refractivity contribution in [3.05, 3.63) is 29.8 Å². The van der Waals surface area contributed by atoms with Crippen LogP contribution in [0.15, 0.2) is 29.2 Å². The molecule has 1 aliphatic rings. The molecule has 1 aliphatic heterocycles. The molecule has 0 saturated carbocycles. The molecule has 1 fully saturated rings. The molecule has 1 aromatic carbocycles. The van der Waals surface area contributed by atoms with E-state index in [1.54, 1.807) is 6.26 Å². The van der Waals surface area contributed by atoms with Crippen LogP contribution < -0.4 is 5.32 Å². The maximum atomic E-state index is 11.4. The summed E-state index contributed by atoms with van der Waals surface area (Å²) < 4.78 is 11.4. The van der Waals surface area contributed by atoms with Crippen molar-refractivity contribution >= 4 is 23.2 Å². The van der Waals surface area contributed by atoms with Crippen LogP contribution in [0.3, 0.4) is 0 Å². The standard InChI is InChI=1S/C16H26N2OS.ClH/c1-13(15-4-6-16(7-5-15)20(3)19)18(2)12-14-8-10-17-11-9-14;/h4-7,13-14,17H,8-12H2,1-3H3;1H. The second kappa shape index (κ2) is 8.89. The topological polar surface area (TPSA) is 32.3 Å². The van der Waals surface area contributed by atoms with Gasteiger partial charge in [0.15, 0.2) is 0 Å². The highest BCUT2D eigenvalue weighted by atomic mass is 35.5. The normalized spacial score (nSPS) is 19.0. The number of piperidine rings is 1. The highest BCUT2D eigenvalue weighted by Crippen LogP contribution is 2.23. The third kappa shape index (κ3) is 5.37. The van der Waals surface area contributed by atoms with E-state index in [0.29, 0.717) is 6.04 Å². The van der Waals surface area contributed by atoms with Gasteiger partial charge in [0.25, 0.3) is 0 Å². The molecule has 1 heterocycles. The minimum atomic E-state index is -0.887. The molecule has 120 valence electrons.